The van der Waals surface area contributed by atoms with Gasteiger partial charge in [-0.1, -0.05) is 12.1 Å². The molecule has 0 saturated carbocycles. The van der Waals surface area contributed by atoms with Crippen LogP contribution in [-0.2, 0) is 0 Å². The van der Waals surface area contributed by atoms with Crippen LogP contribution < -0.4 is 0 Å². The van der Waals surface area contributed by atoms with Crippen molar-refractivity contribution in [2.24, 2.45) is 0 Å². The highest BCUT2D eigenvalue weighted by molar-refractivity contribution is 5.74. The van der Waals surface area contributed by atoms with Crippen LogP contribution in [0.4, 0.5) is 18.9 Å². The number of hydrogen-bond acceptors (Lipinski definition) is 2. The summed E-state index contributed by atoms with van der Waals surface area (Å²) in [6, 6.07) is 5.83. The normalized spacial score (nSPS) is 10.4. The lowest BCUT2D eigenvalue weighted by Crippen LogP contribution is -1.96. The molecule has 0 saturated heterocycles. The third-order valence-corrected chi connectivity index (χ3v) is 2.40. The van der Waals surface area contributed by atoms with Crippen LogP contribution in [-0.4, -0.2) is 4.92 Å². The second-order valence-electron chi connectivity index (χ2n) is 3.52. The summed E-state index contributed by atoms with van der Waals surface area (Å²) in [5, 5.41) is 10.8. The van der Waals surface area contributed by atoms with Crippen molar-refractivity contribution in [3.63, 3.8) is 0 Å². The monoisotopic (exact) mass is 253 g/mol. The number of nitro benzene ring substituents is 1. The number of nitrogens with zero attached hydrogens (tertiary/aromatic N) is 1. The van der Waals surface area contributed by atoms with Gasteiger partial charge in [-0.2, -0.15) is 0 Å². The molecular weight excluding hydrogens is 247 g/mol. The van der Waals surface area contributed by atoms with Crippen molar-refractivity contribution < 1.29 is 18.1 Å². The molecule has 0 aliphatic rings. The van der Waals surface area contributed by atoms with Crippen molar-refractivity contribution >= 4 is 5.69 Å². The van der Waals surface area contributed by atoms with E-state index in [2.05, 4.69) is 0 Å². The molecule has 0 fully saturated rings. The van der Waals surface area contributed by atoms with Crippen molar-refractivity contribution in [2.75, 3.05) is 0 Å². The van der Waals surface area contributed by atoms with Gasteiger partial charge in [-0.25, -0.2) is 13.2 Å². The molecule has 0 bridgehead atoms. The first kappa shape index (κ1) is 12.1. The van der Waals surface area contributed by atoms with Crippen molar-refractivity contribution in [3.8, 4) is 11.1 Å². The SMILES string of the molecule is O=[N+]([O-])c1ccc(F)cc1-c1cccc(F)c1F. The third-order valence-electron chi connectivity index (χ3n) is 2.40. The average molecular weight is 253 g/mol. The van der Waals surface area contributed by atoms with Crippen LogP contribution in [0.2, 0.25) is 0 Å². The Labute approximate surface area is 99.6 Å². The Hall–Kier alpha value is -2.37. The molecule has 0 aliphatic heterocycles. The van der Waals surface area contributed by atoms with Crippen LogP contribution in [0.5, 0.6) is 0 Å². The fourth-order valence-corrected chi connectivity index (χ4v) is 1.60. The highest BCUT2D eigenvalue weighted by Crippen LogP contribution is 2.32. The van der Waals surface area contributed by atoms with Gasteiger partial charge in [0.2, 0.25) is 0 Å². The van der Waals surface area contributed by atoms with Crippen LogP contribution in [0.3, 0.4) is 0 Å². The summed E-state index contributed by atoms with van der Waals surface area (Å²) in [6.45, 7) is 0. The maximum absolute atomic E-state index is 13.5. The Morgan fingerprint density at radius 3 is 2.39 bits per heavy atom. The van der Waals surface area contributed by atoms with E-state index in [9.17, 15) is 23.3 Å². The zero-order valence-corrected chi connectivity index (χ0v) is 8.86. The first-order valence-electron chi connectivity index (χ1n) is 4.89. The molecule has 0 amide bonds. The smallest absolute Gasteiger partial charge is 0.258 e. The zero-order valence-electron chi connectivity index (χ0n) is 8.86. The molecule has 0 heterocycles. The summed E-state index contributed by atoms with van der Waals surface area (Å²) in [5.74, 6) is -3.16. The molecule has 0 spiro atoms. The number of nitro groups is 1. The molecule has 2 aromatic rings. The molecular formula is C12H6F3NO2. The predicted molar refractivity (Wildman–Crippen MR) is 58.4 cm³/mol. The van der Waals surface area contributed by atoms with Crippen molar-refractivity contribution in [3.05, 3.63) is 64.0 Å². The van der Waals surface area contributed by atoms with Gasteiger partial charge in [0.25, 0.3) is 5.69 Å². The molecule has 2 rings (SSSR count). The lowest BCUT2D eigenvalue weighted by atomic mass is 10.0. The molecule has 3 nitrogen and oxygen atoms in total. The molecule has 0 aromatic heterocycles. The minimum Gasteiger partial charge on any atom is -0.258 e. The largest absolute Gasteiger partial charge is 0.277 e. The van der Waals surface area contributed by atoms with E-state index < -0.39 is 28.1 Å². The third kappa shape index (κ3) is 2.04. The average Bonchev–Trinajstić information content (AvgIpc) is 2.32. The van der Waals surface area contributed by atoms with Gasteiger partial charge in [0, 0.05) is 11.6 Å². The number of rotatable bonds is 2. The molecule has 92 valence electrons. The van der Waals surface area contributed by atoms with E-state index >= 15 is 0 Å². The minimum atomic E-state index is -1.24. The summed E-state index contributed by atoms with van der Waals surface area (Å²) >= 11 is 0. The van der Waals surface area contributed by atoms with E-state index in [-0.39, 0.29) is 11.1 Å². The highest BCUT2D eigenvalue weighted by Gasteiger charge is 2.20. The number of halogens is 3. The second kappa shape index (κ2) is 4.48. The number of benzene rings is 2. The van der Waals surface area contributed by atoms with E-state index in [1.54, 1.807) is 0 Å². The molecule has 0 radical (unpaired) electrons. The standard InChI is InChI=1S/C12H6F3NO2/c13-7-4-5-11(16(17)18)9(6-7)8-2-1-3-10(14)12(8)15/h1-6H. The summed E-state index contributed by atoms with van der Waals surface area (Å²) in [7, 11) is 0. The zero-order chi connectivity index (χ0) is 13.3. The first-order chi connectivity index (χ1) is 8.50. The second-order valence-corrected chi connectivity index (χ2v) is 3.52. The molecule has 18 heavy (non-hydrogen) atoms. The topological polar surface area (TPSA) is 43.1 Å². The minimum absolute atomic E-state index is 0.294. The maximum Gasteiger partial charge on any atom is 0.277 e. The molecule has 6 heteroatoms. The molecule has 2 aromatic carbocycles. The van der Waals surface area contributed by atoms with Gasteiger partial charge in [0.05, 0.1) is 10.5 Å². The van der Waals surface area contributed by atoms with Crippen molar-refractivity contribution in [2.45, 2.75) is 0 Å². The van der Waals surface area contributed by atoms with Crippen LogP contribution in [0.25, 0.3) is 11.1 Å². The Balaban J connectivity index is 2.73. The lowest BCUT2D eigenvalue weighted by molar-refractivity contribution is -0.384. The van der Waals surface area contributed by atoms with Crippen LogP contribution in [0.1, 0.15) is 0 Å². The number of hydrogen-bond donors (Lipinski definition) is 0. The Morgan fingerprint density at radius 1 is 1.00 bits per heavy atom. The summed E-state index contributed by atoms with van der Waals surface area (Å²) < 4.78 is 39.7. The Kier molecular flexibility index (Phi) is 3.01. The van der Waals surface area contributed by atoms with Crippen LogP contribution in [0, 0.1) is 27.6 Å². The predicted octanol–water partition coefficient (Wildman–Crippen LogP) is 3.68. The van der Waals surface area contributed by atoms with Gasteiger partial charge >= 0.3 is 0 Å². The fourth-order valence-electron chi connectivity index (χ4n) is 1.60. The molecule has 0 atom stereocenters. The summed E-state index contributed by atoms with van der Waals surface area (Å²) in [5.41, 5.74) is -1.13. The Bertz CT molecular complexity index is 629. The fraction of sp³-hybridized carbons (Fsp3) is 0. The van der Waals surface area contributed by atoms with E-state index in [1.165, 1.54) is 6.07 Å². The van der Waals surface area contributed by atoms with Gasteiger partial charge in [0.15, 0.2) is 11.6 Å². The highest BCUT2D eigenvalue weighted by atomic mass is 19.2. The quantitative estimate of drug-likeness (QED) is 0.605. The van der Waals surface area contributed by atoms with Gasteiger partial charge < -0.3 is 0 Å². The van der Waals surface area contributed by atoms with Crippen molar-refractivity contribution in [1.29, 1.82) is 0 Å². The first-order valence-corrected chi connectivity index (χ1v) is 4.89. The summed E-state index contributed by atoms with van der Waals surface area (Å²) in [6.07, 6.45) is 0. The van der Waals surface area contributed by atoms with E-state index in [0.29, 0.717) is 0 Å². The van der Waals surface area contributed by atoms with Crippen LogP contribution in [0.15, 0.2) is 36.4 Å². The van der Waals surface area contributed by atoms with E-state index in [0.717, 1.165) is 30.3 Å². The lowest BCUT2D eigenvalue weighted by Gasteiger charge is -2.05. The van der Waals surface area contributed by atoms with Gasteiger partial charge in [-0.05, 0) is 18.2 Å². The Morgan fingerprint density at radius 2 is 1.72 bits per heavy atom. The molecule has 0 aliphatic carbocycles. The van der Waals surface area contributed by atoms with E-state index in [1.807, 2.05) is 0 Å². The maximum atomic E-state index is 13.5. The van der Waals surface area contributed by atoms with Gasteiger partial charge in [0.1, 0.15) is 5.82 Å². The summed E-state index contributed by atoms with van der Waals surface area (Å²) in [4.78, 5) is 9.99. The van der Waals surface area contributed by atoms with Gasteiger partial charge in [-0.15, -0.1) is 0 Å². The van der Waals surface area contributed by atoms with Crippen LogP contribution >= 0.6 is 0 Å². The van der Waals surface area contributed by atoms with Crippen molar-refractivity contribution in [1.82, 2.24) is 0 Å². The van der Waals surface area contributed by atoms with E-state index in [4.69, 9.17) is 0 Å². The molecule has 0 unspecified atom stereocenters. The molecule has 0 N–H and O–H groups in total. The van der Waals surface area contributed by atoms with Gasteiger partial charge in [-0.3, -0.25) is 10.1 Å².